The van der Waals surface area contributed by atoms with Crippen LogP contribution in [0.25, 0.3) is 0 Å². The van der Waals surface area contributed by atoms with Gasteiger partial charge in [0, 0.05) is 0 Å². The molecule has 0 aromatic rings. The van der Waals surface area contributed by atoms with E-state index in [4.69, 9.17) is 0 Å². The Morgan fingerprint density at radius 1 is 2.00 bits per heavy atom. The van der Waals surface area contributed by atoms with Gasteiger partial charge in [0.1, 0.15) is 0 Å². The zero-order chi connectivity index (χ0) is 3.41. The van der Waals surface area contributed by atoms with Gasteiger partial charge in [-0.15, -0.1) is 0 Å². The molecule has 0 heterocycles. The Labute approximate surface area is 26.5 Å². The Balaban J connectivity index is 2.73. The van der Waals surface area contributed by atoms with Gasteiger partial charge in [0.2, 0.25) is 0 Å². The van der Waals surface area contributed by atoms with E-state index in [9.17, 15) is 4.57 Å². The Bertz CT molecular complexity index is 27.0. The summed E-state index contributed by atoms with van der Waals surface area (Å²) in [6.45, 7) is 3.20. The molecule has 24 valence electrons. The number of rotatable bonds is 1. The van der Waals surface area contributed by atoms with E-state index in [1.807, 2.05) is 0 Å². The first-order chi connectivity index (χ1) is 1.91. The minimum atomic E-state index is -0.704. The molecule has 1 nitrogen and oxygen atoms in total. The lowest BCUT2D eigenvalue weighted by molar-refractivity contribution is 0.603. The van der Waals surface area contributed by atoms with Crippen molar-refractivity contribution < 1.29 is 4.57 Å². The van der Waals surface area contributed by atoms with Crippen LogP contribution in [0.3, 0.4) is 0 Å². The summed E-state index contributed by atoms with van der Waals surface area (Å²) in [5.41, 5.74) is 0. The standard InChI is InChI=1S/C2H5OP/c1-2-4-3/h2H,1,4H2. The van der Waals surface area contributed by atoms with Crippen LogP contribution in [0.2, 0.25) is 0 Å². The lowest BCUT2D eigenvalue weighted by Crippen LogP contribution is -1.02. The molecule has 1 unspecified atom stereocenters. The topological polar surface area (TPSA) is 17.1 Å². The second kappa shape index (κ2) is 2.97. The molecular formula is C2H5OP. The van der Waals surface area contributed by atoms with E-state index in [0.29, 0.717) is 0 Å². The van der Waals surface area contributed by atoms with Crippen LogP contribution < -0.4 is 0 Å². The first kappa shape index (κ1) is 3.97. The van der Waals surface area contributed by atoms with Crippen molar-refractivity contribution in [1.82, 2.24) is 0 Å². The summed E-state index contributed by atoms with van der Waals surface area (Å²) in [5.74, 6) is 1.40. The fraction of sp³-hybridized carbons (Fsp3) is 0. The van der Waals surface area contributed by atoms with Gasteiger partial charge in [0.15, 0.2) is 0 Å². The fourth-order valence-corrected chi connectivity index (χ4v) is 0. The van der Waals surface area contributed by atoms with E-state index < -0.39 is 8.46 Å². The van der Waals surface area contributed by atoms with Crippen molar-refractivity contribution in [3.05, 3.63) is 12.4 Å². The van der Waals surface area contributed by atoms with Crippen molar-refractivity contribution in [2.24, 2.45) is 0 Å². The van der Waals surface area contributed by atoms with E-state index in [2.05, 4.69) is 6.58 Å². The first-order valence-electron chi connectivity index (χ1n) is 0.977. The van der Waals surface area contributed by atoms with Crippen LogP contribution in [-0.4, -0.2) is 0 Å². The van der Waals surface area contributed by atoms with Crippen molar-refractivity contribution in [1.29, 1.82) is 0 Å². The van der Waals surface area contributed by atoms with Crippen molar-refractivity contribution in [3.63, 3.8) is 0 Å². The molecule has 0 amide bonds. The summed E-state index contributed by atoms with van der Waals surface area (Å²) in [6, 6.07) is 0. The van der Waals surface area contributed by atoms with Gasteiger partial charge in [-0.3, -0.25) is 0 Å². The van der Waals surface area contributed by atoms with Crippen LogP contribution in [0.1, 0.15) is 0 Å². The Morgan fingerprint density at radius 2 is 2.25 bits per heavy atom. The maximum absolute atomic E-state index is 9.26. The van der Waals surface area contributed by atoms with Crippen molar-refractivity contribution >= 4 is 8.46 Å². The van der Waals surface area contributed by atoms with Gasteiger partial charge in [-0.25, -0.2) is 0 Å². The average molecular weight is 76.0 g/mol. The number of hydrogen-bond acceptors (Lipinski definition) is 1. The van der Waals surface area contributed by atoms with Gasteiger partial charge in [-0.2, -0.15) is 0 Å². The molecule has 0 spiro atoms. The van der Waals surface area contributed by atoms with Crippen LogP contribution in [0.15, 0.2) is 12.4 Å². The Morgan fingerprint density at radius 3 is 2.25 bits per heavy atom. The summed E-state index contributed by atoms with van der Waals surface area (Å²) in [4.78, 5) is 0. The Kier molecular flexibility index (Phi) is 2.95. The van der Waals surface area contributed by atoms with Crippen molar-refractivity contribution in [2.45, 2.75) is 0 Å². The molecule has 4 heavy (non-hydrogen) atoms. The fourth-order valence-electron chi connectivity index (χ4n) is 0. The van der Waals surface area contributed by atoms with E-state index in [1.54, 1.807) is 0 Å². The van der Waals surface area contributed by atoms with Gasteiger partial charge >= 0.3 is 0 Å². The van der Waals surface area contributed by atoms with Crippen molar-refractivity contribution in [3.8, 4) is 0 Å². The van der Waals surface area contributed by atoms with E-state index in [1.165, 1.54) is 5.82 Å². The molecule has 2 heteroatoms. The summed E-state index contributed by atoms with van der Waals surface area (Å²) in [7, 11) is -0.704. The molecule has 0 bridgehead atoms. The molecule has 0 aliphatic carbocycles. The minimum Gasteiger partial charge on any atom is -0.326 e. The molecule has 0 saturated carbocycles. The smallest absolute Gasteiger partial charge is 0.0846 e. The SMILES string of the molecule is C=C[PH2]=O. The molecule has 0 saturated heterocycles. The van der Waals surface area contributed by atoms with Crippen LogP contribution in [0.5, 0.6) is 0 Å². The molecule has 0 aromatic heterocycles. The second-order valence-corrected chi connectivity index (χ2v) is 1.12. The molecule has 1 atom stereocenters. The normalized spacial score (nSPS) is 9.00. The predicted molar refractivity (Wildman–Crippen MR) is 20.6 cm³/mol. The van der Waals surface area contributed by atoms with Crippen molar-refractivity contribution in [2.75, 3.05) is 0 Å². The molecule has 0 aliphatic heterocycles. The minimum absolute atomic E-state index is 0.704. The second-order valence-electron chi connectivity index (χ2n) is 0.372. The van der Waals surface area contributed by atoms with Gasteiger partial charge in [0.05, 0.1) is 8.46 Å². The highest BCUT2D eigenvalue weighted by Gasteiger charge is 1.35. The molecule has 0 aromatic carbocycles. The van der Waals surface area contributed by atoms with E-state index in [-0.39, 0.29) is 0 Å². The zero-order valence-electron chi connectivity index (χ0n) is 2.27. The summed E-state index contributed by atoms with van der Waals surface area (Å²) >= 11 is 0. The predicted octanol–water partition coefficient (Wildman–Crippen LogP) is 0.886. The molecule has 0 rings (SSSR count). The van der Waals surface area contributed by atoms with Gasteiger partial charge in [-0.1, -0.05) is 6.58 Å². The lowest BCUT2D eigenvalue weighted by Gasteiger charge is -1.40. The number of hydrogen-bond donors (Lipinski definition) is 0. The van der Waals surface area contributed by atoms with Crippen LogP contribution >= 0.6 is 8.46 Å². The molecule has 0 radical (unpaired) electrons. The summed E-state index contributed by atoms with van der Waals surface area (Å²) in [6.07, 6.45) is 0. The highest BCUT2D eigenvalue weighted by atomic mass is 31.1. The third kappa shape index (κ3) is 1.97. The molecular weight excluding hydrogens is 71.0 g/mol. The molecule has 0 N–H and O–H groups in total. The third-order valence-electron chi connectivity index (χ3n) is 0.0962. The first-order valence-corrected chi connectivity index (χ1v) is 2.12. The maximum atomic E-state index is 9.26. The van der Waals surface area contributed by atoms with Gasteiger partial charge in [0.25, 0.3) is 0 Å². The quantitative estimate of drug-likeness (QED) is 0.424. The monoisotopic (exact) mass is 76.0 g/mol. The average Bonchev–Trinajstić information content (AvgIpc) is 1.37. The van der Waals surface area contributed by atoms with Crippen LogP contribution in [0.4, 0.5) is 0 Å². The summed E-state index contributed by atoms with van der Waals surface area (Å²) < 4.78 is 9.26. The third-order valence-corrected chi connectivity index (χ3v) is 0.289. The largest absolute Gasteiger partial charge is 0.326 e. The van der Waals surface area contributed by atoms with Crippen LogP contribution in [-0.2, 0) is 4.57 Å². The van der Waals surface area contributed by atoms with E-state index >= 15 is 0 Å². The van der Waals surface area contributed by atoms with Gasteiger partial charge < -0.3 is 4.57 Å². The lowest BCUT2D eigenvalue weighted by atomic mass is 11.3. The van der Waals surface area contributed by atoms with Gasteiger partial charge in [-0.05, 0) is 5.82 Å². The Hall–Kier alpha value is -0.0300. The molecule has 0 aliphatic rings. The van der Waals surface area contributed by atoms with E-state index in [0.717, 1.165) is 0 Å². The highest BCUT2D eigenvalue weighted by molar-refractivity contribution is 7.27. The summed E-state index contributed by atoms with van der Waals surface area (Å²) in [5, 5.41) is 0. The highest BCUT2D eigenvalue weighted by Crippen LogP contribution is 1.84. The molecule has 0 fully saturated rings. The zero-order valence-corrected chi connectivity index (χ0v) is 3.42. The maximum Gasteiger partial charge on any atom is 0.0846 e. The van der Waals surface area contributed by atoms with Crippen LogP contribution in [0, 0.1) is 0 Å².